The van der Waals surface area contributed by atoms with E-state index in [2.05, 4.69) is 19.9 Å². The highest BCUT2D eigenvalue weighted by molar-refractivity contribution is 7.99. The van der Waals surface area contributed by atoms with E-state index in [1.165, 1.54) is 12.1 Å². The number of nitro benzene ring substituents is 1. The predicted octanol–water partition coefficient (Wildman–Crippen LogP) is 2.89. The van der Waals surface area contributed by atoms with Gasteiger partial charge in [-0.2, -0.15) is 0 Å². The van der Waals surface area contributed by atoms with Gasteiger partial charge in [-0.25, -0.2) is 18.1 Å². The van der Waals surface area contributed by atoms with Gasteiger partial charge in [-0.1, -0.05) is 6.92 Å². The lowest BCUT2D eigenvalue weighted by Gasteiger charge is -2.20. The van der Waals surface area contributed by atoms with E-state index >= 15 is 0 Å². The van der Waals surface area contributed by atoms with Crippen LogP contribution in [-0.4, -0.2) is 34.1 Å². The van der Waals surface area contributed by atoms with E-state index in [9.17, 15) is 18.5 Å². The lowest BCUT2D eigenvalue weighted by molar-refractivity contribution is -0.388. The fourth-order valence-corrected chi connectivity index (χ4v) is 4.38. The van der Waals surface area contributed by atoms with Crippen molar-refractivity contribution in [2.75, 3.05) is 0 Å². The molecular formula is C15H21N5O4S2. The minimum Gasteiger partial charge on any atom is -0.262 e. The van der Waals surface area contributed by atoms with Crippen molar-refractivity contribution in [1.29, 1.82) is 0 Å². The smallest absolute Gasteiger partial charge is 0.262 e. The summed E-state index contributed by atoms with van der Waals surface area (Å²) in [6.07, 6.45) is 1.62. The number of nitrogens with zero attached hydrogens (tertiary/aromatic N) is 3. The molecule has 0 saturated carbocycles. The van der Waals surface area contributed by atoms with Crippen molar-refractivity contribution in [2.24, 2.45) is 0 Å². The number of rotatable bonds is 7. The van der Waals surface area contributed by atoms with Crippen molar-refractivity contribution in [3.63, 3.8) is 0 Å². The van der Waals surface area contributed by atoms with Gasteiger partial charge in [0, 0.05) is 18.0 Å². The van der Waals surface area contributed by atoms with Crippen LogP contribution in [0.25, 0.3) is 0 Å². The molecule has 142 valence electrons. The van der Waals surface area contributed by atoms with Gasteiger partial charge in [-0.15, -0.1) is 5.10 Å². The fourth-order valence-electron chi connectivity index (χ4n) is 2.13. The second-order valence-corrected chi connectivity index (χ2v) is 9.35. The molecule has 9 nitrogen and oxygen atoms in total. The Balaban J connectivity index is 2.35. The standard InChI is InChI=1S/C15H21N5O4S2/c1-5-6-13-16-14(18-17-13)25-12-8-7-10(9-11(12)20(21)22)26(23,24)19-15(2,3)4/h7-9,19H,5-6H2,1-4H3,(H,16,17,18). The third-order valence-electron chi connectivity index (χ3n) is 3.08. The minimum atomic E-state index is -3.87. The van der Waals surface area contributed by atoms with Crippen LogP contribution in [0.2, 0.25) is 0 Å². The molecule has 0 aliphatic heterocycles. The zero-order valence-corrected chi connectivity index (χ0v) is 16.6. The van der Waals surface area contributed by atoms with Gasteiger partial charge in [0.2, 0.25) is 15.2 Å². The summed E-state index contributed by atoms with van der Waals surface area (Å²) in [5.74, 6) is 0.700. The lowest BCUT2D eigenvalue weighted by atomic mass is 10.1. The van der Waals surface area contributed by atoms with Gasteiger partial charge >= 0.3 is 0 Å². The normalized spacial score (nSPS) is 12.3. The molecule has 1 aromatic heterocycles. The van der Waals surface area contributed by atoms with Gasteiger partial charge in [-0.3, -0.25) is 15.2 Å². The summed E-state index contributed by atoms with van der Waals surface area (Å²) in [6, 6.07) is 3.79. The first kappa shape index (κ1) is 20.3. The second-order valence-electron chi connectivity index (χ2n) is 6.66. The quantitative estimate of drug-likeness (QED) is 0.540. The first-order chi connectivity index (χ1) is 12.0. The summed E-state index contributed by atoms with van der Waals surface area (Å²) in [4.78, 5) is 15.2. The Labute approximate surface area is 156 Å². The molecule has 2 N–H and O–H groups in total. The molecule has 1 heterocycles. The van der Waals surface area contributed by atoms with Gasteiger partial charge in [0.05, 0.1) is 14.7 Å². The molecule has 11 heteroatoms. The average molecular weight is 399 g/mol. The molecule has 0 aliphatic carbocycles. The number of aryl methyl sites for hydroxylation is 1. The van der Waals surface area contributed by atoms with E-state index in [1.807, 2.05) is 6.92 Å². The highest BCUT2D eigenvalue weighted by Crippen LogP contribution is 2.34. The van der Waals surface area contributed by atoms with Crippen molar-refractivity contribution in [3.8, 4) is 0 Å². The molecule has 0 bridgehead atoms. The van der Waals surface area contributed by atoms with Crippen LogP contribution >= 0.6 is 11.8 Å². The summed E-state index contributed by atoms with van der Waals surface area (Å²) < 4.78 is 27.3. The largest absolute Gasteiger partial charge is 0.284 e. The Morgan fingerprint density at radius 2 is 2.04 bits per heavy atom. The van der Waals surface area contributed by atoms with Gasteiger partial charge in [0.25, 0.3) is 5.69 Å². The molecule has 2 aromatic rings. The maximum absolute atomic E-state index is 12.4. The Morgan fingerprint density at radius 1 is 1.35 bits per heavy atom. The Morgan fingerprint density at radius 3 is 2.62 bits per heavy atom. The van der Waals surface area contributed by atoms with Gasteiger partial charge in [0.15, 0.2) is 0 Å². The minimum absolute atomic E-state index is 0.162. The summed E-state index contributed by atoms with van der Waals surface area (Å²) in [5, 5.41) is 18.6. The lowest BCUT2D eigenvalue weighted by Crippen LogP contribution is -2.40. The van der Waals surface area contributed by atoms with Gasteiger partial charge in [0.1, 0.15) is 5.82 Å². The number of hydrogen-bond acceptors (Lipinski definition) is 7. The monoisotopic (exact) mass is 399 g/mol. The molecule has 1 aromatic carbocycles. The summed E-state index contributed by atoms with van der Waals surface area (Å²) in [6.45, 7) is 7.09. The molecule has 0 aliphatic rings. The van der Waals surface area contributed by atoms with E-state index in [-0.39, 0.29) is 15.5 Å². The summed E-state index contributed by atoms with van der Waals surface area (Å²) >= 11 is 1.01. The van der Waals surface area contributed by atoms with Crippen LogP contribution in [-0.2, 0) is 16.4 Å². The molecule has 26 heavy (non-hydrogen) atoms. The molecule has 0 unspecified atom stereocenters. The average Bonchev–Trinajstić information content (AvgIpc) is 2.92. The maximum atomic E-state index is 12.4. The Bertz CT molecular complexity index is 903. The predicted molar refractivity (Wildman–Crippen MR) is 97.7 cm³/mol. The van der Waals surface area contributed by atoms with E-state index in [1.54, 1.807) is 20.8 Å². The van der Waals surface area contributed by atoms with Crippen molar-refractivity contribution >= 4 is 27.5 Å². The van der Waals surface area contributed by atoms with Crippen LogP contribution in [0.3, 0.4) is 0 Å². The number of nitro groups is 1. The topological polar surface area (TPSA) is 131 Å². The van der Waals surface area contributed by atoms with Gasteiger partial charge < -0.3 is 0 Å². The molecule has 0 amide bonds. The third kappa shape index (κ3) is 5.26. The van der Waals surface area contributed by atoms with Crippen molar-refractivity contribution < 1.29 is 13.3 Å². The van der Waals surface area contributed by atoms with Crippen LogP contribution in [0.1, 0.15) is 39.9 Å². The van der Waals surface area contributed by atoms with Gasteiger partial charge in [-0.05, 0) is 51.1 Å². The van der Waals surface area contributed by atoms with E-state index in [0.29, 0.717) is 11.0 Å². The summed E-state index contributed by atoms with van der Waals surface area (Å²) in [5.41, 5.74) is -1.01. The number of aromatic nitrogens is 3. The molecule has 0 fully saturated rings. The molecule has 0 saturated heterocycles. The fraction of sp³-hybridized carbons (Fsp3) is 0.467. The zero-order chi connectivity index (χ0) is 19.5. The van der Waals surface area contributed by atoms with Crippen LogP contribution in [0.15, 0.2) is 33.1 Å². The zero-order valence-electron chi connectivity index (χ0n) is 14.9. The highest BCUT2D eigenvalue weighted by Gasteiger charge is 2.26. The molecular weight excluding hydrogens is 378 g/mol. The molecule has 2 rings (SSSR count). The molecule has 0 spiro atoms. The maximum Gasteiger partial charge on any atom is 0.284 e. The summed E-state index contributed by atoms with van der Waals surface area (Å²) in [7, 11) is -3.87. The number of hydrogen-bond donors (Lipinski definition) is 2. The van der Waals surface area contributed by atoms with Crippen LogP contribution in [0, 0.1) is 10.1 Å². The second kappa shape index (κ2) is 7.72. The molecule has 0 radical (unpaired) electrons. The van der Waals surface area contributed by atoms with Crippen molar-refractivity contribution in [1.82, 2.24) is 19.9 Å². The third-order valence-corrected chi connectivity index (χ3v) is 5.76. The number of aromatic amines is 1. The SMILES string of the molecule is CCCc1nc(Sc2ccc(S(=O)(=O)NC(C)(C)C)cc2[N+](=O)[O-])n[nH]1. The van der Waals surface area contributed by atoms with Crippen LogP contribution in [0.5, 0.6) is 0 Å². The Hall–Kier alpha value is -1.98. The number of H-pyrrole nitrogens is 1. The van der Waals surface area contributed by atoms with E-state index in [4.69, 9.17) is 0 Å². The van der Waals surface area contributed by atoms with Crippen LogP contribution in [0.4, 0.5) is 5.69 Å². The van der Waals surface area contributed by atoms with Crippen LogP contribution < -0.4 is 4.72 Å². The number of benzene rings is 1. The number of nitrogens with one attached hydrogen (secondary N) is 2. The van der Waals surface area contributed by atoms with Crippen molar-refractivity contribution in [2.45, 2.75) is 61.0 Å². The molecule has 0 atom stereocenters. The first-order valence-corrected chi connectivity index (χ1v) is 10.2. The van der Waals surface area contributed by atoms with Crippen molar-refractivity contribution in [3.05, 3.63) is 34.1 Å². The Kier molecular flexibility index (Phi) is 6.04. The first-order valence-electron chi connectivity index (χ1n) is 7.93. The van der Waals surface area contributed by atoms with E-state index in [0.717, 1.165) is 30.7 Å². The van der Waals surface area contributed by atoms with E-state index < -0.39 is 20.5 Å². The number of sulfonamides is 1. The highest BCUT2D eigenvalue weighted by atomic mass is 32.2.